The first-order chi connectivity index (χ1) is 18.7. The minimum Gasteiger partial charge on any atom is -0.508 e. The van der Waals surface area contributed by atoms with Crippen molar-refractivity contribution < 1.29 is 49.2 Å². The van der Waals surface area contributed by atoms with Crippen molar-refractivity contribution in [3.63, 3.8) is 0 Å². The van der Waals surface area contributed by atoms with Crippen LogP contribution in [-0.2, 0) is 35.2 Å². The average Bonchev–Trinajstić information content (AvgIpc) is 2.85. The van der Waals surface area contributed by atoms with Crippen LogP contribution in [-0.4, -0.2) is 92.7 Å². The standard InChI is InChI=1S/C23H33N7O10/c24-13(2-1-7-27-23(25)26)19(36)28-14(9-17(32)33)20(37)29-15(10-18(34)35)21(38)30-16(22(39)40)8-11-3-5-12(31)6-4-11/h3-6,13-16,31H,1-2,7-10,24H2,(H,28,36)(H,29,37)(H,30,38)(H,32,33)(H,34,35)(H,39,40)(H4,25,26,27). The number of phenols is 1. The van der Waals surface area contributed by atoms with Crippen molar-refractivity contribution in [2.45, 2.75) is 56.3 Å². The highest BCUT2D eigenvalue weighted by Crippen LogP contribution is 2.12. The lowest BCUT2D eigenvalue weighted by molar-refractivity contribution is -0.145. The molecule has 0 aromatic heterocycles. The number of nitrogens with zero attached hydrogens (tertiary/aromatic N) is 1. The van der Waals surface area contributed by atoms with E-state index in [1.807, 2.05) is 0 Å². The molecule has 13 N–H and O–H groups in total. The zero-order valence-corrected chi connectivity index (χ0v) is 21.3. The first-order valence-corrected chi connectivity index (χ1v) is 11.9. The Hall–Kier alpha value is -4.93. The minimum atomic E-state index is -1.83. The molecule has 4 unspecified atom stereocenters. The first-order valence-electron chi connectivity index (χ1n) is 11.9. The van der Waals surface area contributed by atoms with E-state index < -0.39 is 72.6 Å². The largest absolute Gasteiger partial charge is 0.508 e. The van der Waals surface area contributed by atoms with Crippen molar-refractivity contribution >= 4 is 41.6 Å². The number of hydrogen-bond acceptors (Lipinski definition) is 9. The third kappa shape index (κ3) is 12.5. The topological polar surface area (TPSA) is 310 Å². The van der Waals surface area contributed by atoms with E-state index in [0.717, 1.165) is 0 Å². The summed E-state index contributed by atoms with van der Waals surface area (Å²) >= 11 is 0. The first kappa shape index (κ1) is 33.1. The molecule has 0 saturated heterocycles. The van der Waals surface area contributed by atoms with Gasteiger partial charge in [-0.3, -0.25) is 29.0 Å². The Morgan fingerprint density at radius 3 is 1.70 bits per heavy atom. The summed E-state index contributed by atoms with van der Waals surface area (Å²) in [4.78, 5) is 76.1. The fourth-order valence-corrected chi connectivity index (χ4v) is 3.31. The summed E-state index contributed by atoms with van der Waals surface area (Å²) in [6, 6.07) is -0.855. The smallest absolute Gasteiger partial charge is 0.326 e. The van der Waals surface area contributed by atoms with Crippen molar-refractivity contribution in [3.8, 4) is 5.75 Å². The van der Waals surface area contributed by atoms with Crippen LogP contribution in [0, 0.1) is 0 Å². The monoisotopic (exact) mass is 567 g/mol. The van der Waals surface area contributed by atoms with E-state index in [9.17, 15) is 49.2 Å². The maximum Gasteiger partial charge on any atom is 0.326 e. The van der Waals surface area contributed by atoms with E-state index in [-0.39, 0.29) is 37.5 Å². The van der Waals surface area contributed by atoms with Crippen molar-refractivity contribution in [2.24, 2.45) is 22.2 Å². The van der Waals surface area contributed by atoms with Crippen LogP contribution in [0.25, 0.3) is 0 Å². The zero-order valence-electron chi connectivity index (χ0n) is 21.3. The van der Waals surface area contributed by atoms with Gasteiger partial charge in [0.25, 0.3) is 0 Å². The highest BCUT2D eigenvalue weighted by Gasteiger charge is 2.32. The van der Waals surface area contributed by atoms with Crippen LogP contribution in [0.5, 0.6) is 5.75 Å². The fourth-order valence-electron chi connectivity index (χ4n) is 3.31. The van der Waals surface area contributed by atoms with Gasteiger partial charge in [0.1, 0.15) is 23.9 Å². The molecule has 220 valence electrons. The number of hydrogen-bond donors (Lipinski definition) is 10. The van der Waals surface area contributed by atoms with E-state index in [2.05, 4.69) is 20.9 Å². The van der Waals surface area contributed by atoms with Gasteiger partial charge in [-0.25, -0.2) is 4.79 Å². The van der Waals surface area contributed by atoms with Gasteiger partial charge in [0, 0.05) is 13.0 Å². The number of aliphatic imine (C=N–C) groups is 1. The molecule has 0 aliphatic heterocycles. The zero-order chi connectivity index (χ0) is 30.4. The molecule has 0 bridgehead atoms. The van der Waals surface area contributed by atoms with Crippen LogP contribution in [0.2, 0.25) is 0 Å². The number of aromatic hydroxyl groups is 1. The molecule has 0 aliphatic carbocycles. The SMILES string of the molecule is NC(N)=NCCCC(N)C(=O)NC(CC(=O)O)C(=O)NC(CC(=O)O)C(=O)NC(Cc1ccc(O)cc1)C(=O)O. The van der Waals surface area contributed by atoms with Crippen LogP contribution in [0.3, 0.4) is 0 Å². The molecule has 17 heteroatoms. The Balaban J connectivity index is 2.97. The number of rotatable bonds is 17. The molecule has 4 atom stereocenters. The number of carboxylic acids is 3. The fraction of sp³-hybridized carbons (Fsp3) is 0.435. The molecule has 40 heavy (non-hydrogen) atoms. The second kappa shape index (κ2) is 16.1. The van der Waals surface area contributed by atoms with Crippen LogP contribution in [0.15, 0.2) is 29.3 Å². The number of amides is 3. The Morgan fingerprint density at radius 2 is 1.25 bits per heavy atom. The summed E-state index contributed by atoms with van der Waals surface area (Å²) < 4.78 is 0. The predicted octanol–water partition coefficient (Wildman–Crippen LogP) is -3.20. The number of carboxylic acid groups (broad SMARTS) is 3. The molecule has 1 aromatic rings. The summed E-state index contributed by atoms with van der Waals surface area (Å²) in [5.74, 6) is -8.02. The third-order valence-electron chi connectivity index (χ3n) is 5.32. The Labute approximate surface area is 227 Å². The molecule has 0 saturated carbocycles. The van der Waals surface area contributed by atoms with Gasteiger partial charge >= 0.3 is 17.9 Å². The number of benzene rings is 1. The summed E-state index contributed by atoms with van der Waals surface area (Å²) in [7, 11) is 0. The van der Waals surface area contributed by atoms with Gasteiger partial charge in [-0.15, -0.1) is 0 Å². The number of carbonyl (C=O) groups excluding carboxylic acids is 3. The lowest BCUT2D eigenvalue weighted by Gasteiger charge is -2.24. The van der Waals surface area contributed by atoms with Crippen molar-refractivity contribution in [2.75, 3.05) is 6.54 Å². The number of phenolic OH excluding ortho intramolecular Hbond substituents is 1. The molecule has 17 nitrogen and oxygen atoms in total. The molecule has 0 heterocycles. The number of carbonyl (C=O) groups is 6. The summed E-state index contributed by atoms with van der Waals surface area (Å²) in [5.41, 5.74) is 16.6. The second-order valence-electron chi connectivity index (χ2n) is 8.64. The van der Waals surface area contributed by atoms with Gasteiger partial charge in [-0.05, 0) is 30.5 Å². The number of aliphatic carboxylic acids is 3. The van der Waals surface area contributed by atoms with Gasteiger partial charge in [0.15, 0.2) is 5.96 Å². The normalized spacial score (nSPS) is 13.5. The third-order valence-corrected chi connectivity index (χ3v) is 5.32. The molecule has 1 rings (SSSR count). The Kier molecular flexibility index (Phi) is 13.3. The van der Waals surface area contributed by atoms with E-state index >= 15 is 0 Å². The van der Waals surface area contributed by atoms with E-state index in [4.69, 9.17) is 17.2 Å². The van der Waals surface area contributed by atoms with Crippen LogP contribution in [0.1, 0.15) is 31.2 Å². The number of nitrogens with two attached hydrogens (primary N) is 3. The minimum absolute atomic E-state index is 0.0706. The number of nitrogens with one attached hydrogen (secondary N) is 3. The summed E-state index contributed by atoms with van der Waals surface area (Å²) in [6.07, 6.45) is -1.79. The Morgan fingerprint density at radius 1 is 0.775 bits per heavy atom. The average molecular weight is 568 g/mol. The van der Waals surface area contributed by atoms with Gasteiger partial charge in [0.05, 0.1) is 18.9 Å². The molecule has 0 spiro atoms. The summed E-state index contributed by atoms with van der Waals surface area (Å²) in [6.45, 7) is 0.165. The van der Waals surface area contributed by atoms with Crippen LogP contribution in [0.4, 0.5) is 0 Å². The predicted molar refractivity (Wildman–Crippen MR) is 138 cm³/mol. The second-order valence-corrected chi connectivity index (χ2v) is 8.64. The van der Waals surface area contributed by atoms with E-state index in [1.54, 1.807) is 0 Å². The van der Waals surface area contributed by atoms with Gasteiger partial charge < -0.3 is 53.6 Å². The molecule has 0 aliphatic rings. The van der Waals surface area contributed by atoms with E-state index in [1.165, 1.54) is 24.3 Å². The van der Waals surface area contributed by atoms with Gasteiger partial charge in [-0.1, -0.05) is 12.1 Å². The molecular formula is C23H33N7O10. The molecule has 0 radical (unpaired) electrons. The van der Waals surface area contributed by atoms with Crippen molar-refractivity contribution in [1.29, 1.82) is 0 Å². The van der Waals surface area contributed by atoms with Crippen LogP contribution >= 0.6 is 0 Å². The van der Waals surface area contributed by atoms with Crippen LogP contribution < -0.4 is 33.2 Å². The van der Waals surface area contributed by atoms with Crippen molar-refractivity contribution in [3.05, 3.63) is 29.8 Å². The lowest BCUT2D eigenvalue weighted by Crippen LogP contribution is -2.58. The summed E-state index contributed by atoms with van der Waals surface area (Å²) in [5, 5.41) is 43.6. The quantitative estimate of drug-likeness (QED) is 0.0504. The highest BCUT2D eigenvalue weighted by atomic mass is 16.4. The highest BCUT2D eigenvalue weighted by molar-refractivity contribution is 5.96. The molecule has 0 fully saturated rings. The molecule has 1 aromatic carbocycles. The van der Waals surface area contributed by atoms with E-state index in [0.29, 0.717) is 5.56 Å². The Bertz CT molecular complexity index is 1110. The maximum atomic E-state index is 12.8. The van der Waals surface area contributed by atoms with Gasteiger partial charge in [0.2, 0.25) is 17.7 Å². The molecular weight excluding hydrogens is 534 g/mol. The lowest BCUT2D eigenvalue weighted by atomic mass is 10.0. The maximum absolute atomic E-state index is 12.8. The van der Waals surface area contributed by atoms with Gasteiger partial charge in [-0.2, -0.15) is 0 Å². The van der Waals surface area contributed by atoms with Crippen molar-refractivity contribution in [1.82, 2.24) is 16.0 Å². The number of guanidine groups is 1. The molecule has 3 amide bonds.